The maximum atomic E-state index is 13.1. The van der Waals surface area contributed by atoms with Crippen molar-refractivity contribution < 1.29 is 22.8 Å². The molecule has 0 spiro atoms. The SMILES string of the molecule is Cc1cc(C(=O)N2CCC[C@@H]3CN(C(=O)c4ccc(C(F)(F)F)cc4)CC[C@@H]32)n(C)n1. The topological polar surface area (TPSA) is 58.4 Å². The summed E-state index contributed by atoms with van der Waals surface area (Å²) < 4.78 is 39.9. The Morgan fingerprint density at radius 3 is 2.39 bits per heavy atom. The number of alkyl halides is 3. The van der Waals surface area contributed by atoms with Crippen LogP contribution in [-0.4, -0.2) is 57.1 Å². The van der Waals surface area contributed by atoms with Gasteiger partial charge >= 0.3 is 6.18 Å². The van der Waals surface area contributed by atoms with Crippen LogP contribution in [0, 0.1) is 12.8 Å². The van der Waals surface area contributed by atoms with E-state index in [2.05, 4.69) is 5.10 Å². The van der Waals surface area contributed by atoms with Crippen molar-refractivity contribution in [2.75, 3.05) is 19.6 Å². The zero-order chi connectivity index (χ0) is 22.3. The van der Waals surface area contributed by atoms with Gasteiger partial charge in [-0.1, -0.05) is 0 Å². The van der Waals surface area contributed by atoms with Crippen molar-refractivity contribution in [3.63, 3.8) is 0 Å². The molecule has 2 aliphatic rings. The third-order valence-electron chi connectivity index (χ3n) is 6.30. The number of fused-ring (bicyclic) bond motifs is 1. The van der Waals surface area contributed by atoms with Gasteiger partial charge in [0.2, 0.25) is 0 Å². The second-order valence-corrected chi connectivity index (χ2v) is 8.38. The van der Waals surface area contributed by atoms with Gasteiger partial charge in [-0.2, -0.15) is 18.3 Å². The standard InChI is InChI=1S/C22H25F3N4O2/c1-14-12-19(27(2)26-14)21(31)29-10-3-4-16-13-28(11-9-18(16)29)20(30)15-5-7-17(8-6-15)22(23,24)25/h5-8,12,16,18H,3-4,9-11,13H2,1-2H3/t16-,18+/m1/s1. The summed E-state index contributed by atoms with van der Waals surface area (Å²) in [5.41, 5.74) is 0.827. The van der Waals surface area contributed by atoms with Gasteiger partial charge in [0.15, 0.2) is 0 Å². The molecule has 9 heteroatoms. The van der Waals surface area contributed by atoms with Gasteiger partial charge in [0.1, 0.15) is 5.69 Å². The molecule has 2 amide bonds. The Kier molecular flexibility index (Phi) is 5.53. The van der Waals surface area contributed by atoms with Crippen LogP contribution in [0.15, 0.2) is 30.3 Å². The highest BCUT2D eigenvalue weighted by Crippen LogP contribution is 2.33. The molecular formula is C22H25F3N4O2. The molecule has 4 rings (SSSR count). The number of halogens is 3. The van der Waals surface area contributed by atoms with E-state index in [4.69, 9.17) is 0 Å². The van der Waals surface area contributed by atoms with Crippen LogP contribution < -0.4 is 0 Å². The fourth-order valence-electron chi connectivity index (χ4n) is 4.78. The highest BCUT2D eigenvalue weighted by atomic mass is 19.4. The van der Waals surface area contributed by atoms with Crippen molar-refractivity contribution in [2.45, 2.75) is 38.4 Å². The summed E-state index contributed by atoms with van der Waals surface area (Å²) in [6, 6.07) is 6.19. The van der Waals surface area contributed by atoms with E-state index >= 15 is 0 Å². The Bertz CT molecular complexity index is 984. The van der Waals surface area contributed by atoms with Crippen LogP contribution in [-0.2, 0) is 13.2 Å². The molecule has 0 aliphatic carbocycles. The summed E-state index contributed by atoms with van der Waals surface area (Å²) in [4.78, 5) is 29.6. The van der Waals surface area contributed by atoms with Crippen molar-refractivity contribution >= 4 is 11.8 Å². The first-order valence-corrected chi connectivity index (χ1v) is 10.4. The van der Waals surface area contributed by atoms with Gasteiger partial charge in [-0.3, -0.25) is 14.3 Å². The molecule has 0 bridgehead atoms. The van der Waals surface area contributed by atoms with E-state index in [-0.39, 0.29) is 29.3 Å². The minimum absolute atomic E-state index is 0.0414. The minimum atomic E-state index is -4.43. The molecule has 2 saturated heterocycles. The molecule has 1 aromatic heterocycles. The maximum Gasteiger partial charge on any atom is 0.416 e. The largest absolute Gasteiger partial charge is 0.416 e. The van der Waals surface area contributed by atoms with Gasteiger partial charge in [-0.05, 0) is 62.4 Å². The lowest BCUT2D eigenvalue weighted by atomic mass is 9.83. The summed E-state index contributed by atoms with van der Waals surface area (Å²) in [6.45, 7) is 3.49. The predicted octanol–water partition coefficient (Wildman–Crippen LogP) is 3.51. The minimum Gasteiger partial charge on any atom is -0.338 e. The number of amides is 2. The molecule has 0 N–H and O–H groups in total. The van der Waals surface area contributed by atoms with Crippen LogP contribution >= 0.6 is 0 Å². The van der Waals surface area contributed by atoms with Crippen molar-refractivity contribution in [2.24, 2.45) is 13.0 Å². The third-order valence-corrected chi connectivity index (χ3v) is 6.30. The second kappa shape index (κ2) is 8.01. The number of benzene rings is 1. The molecule has 2 fully saturated rings. The molecule has 166 valence electrons. The van der Waals surface area contributed by atoms with E-state index in [1.807, 2.05) is 11.8 Å². The zero-order valence-corrected chi connectivity index (χ0v) is 17.5. The van der Waals surface area contributed by atoms with Gasteiger partial charge in [0.25, 0.3) is 11.8 Å². The van der Waals surface area contributed by atoms with Gasteiger partial charge in [0.05, 0.1) is 11.3 Å². The number of carbonyl (C=O) groups is 2. The van der Waals surface area contributed by atoms with E-state index in [9.17, 15) is 22.8 Å². The van der Waals surface area contributed by atoms with Crippen LogP contribution in [0.2, 0.25) is 0 Å². The highest BCUT2D eigenvalue weighted by molar-refractivity contribution is 5.95. The predicted molar refractivity (Wildman–Crippen MR) is 107 cm³/mol. The fraction of sp³-hybridized carbons (Fsp3) is 0.500. The fourth-order valence-corrected chi connectivity index (χ4v) is 4.78. The number of likely N-dealkylation sites (tertiary alicyclic amines) is 2. The molecule has 2 atom stereocenters. The molecule has 0 unspecified atom stereocenters. The average molecular weight is 434 g/mol. The Balaban J connectivity index is 1.46. The monoisotopic (exact) mass is 434 g/mol. The Labute approximate surface area is 178 Å². The summed E-state index contributed by atoms with van der Waals surface area (Å²) in [5, 5.41) is 4.27. The number of hydrogen-bond donors (Lipinski definition) is 0. The molecular weight excluding hydrogens is 409 g/mol. The van der Waals surface area contributed by atoms with Crippen LogP contribution in [0.1, 0.15) is 51.4 Å². The molecule has 0 radical (unpaired) electrons. The van der Waals surface area contributed by atoms with Gasteiger partial charge in [-0.25, -0.2) is 0 Å². The summed E-state index contributed by atoms with van der Waals surface area (Å²) in [7, 11) is 1.76. The van der Waals surface area contributed by atoms with Crippen LogP contribution in [0.3, 0.4) is 0 Å². The number of aromatic nitrogens is 2. The van der Waals surface area contributed by atoms with E-state index in [0.717, 1.165) is 30.7 Å². The number of nitrogens with zero attached hydrogens (tertiary/aromatic N) is 4. The first kappa shape index (κ1) is 21.4. The molecule has 31 heavy (non-hydrogen) atoms. The Hall–Kier alpha value is -2.84. The molecule has 2 aliphatic heterocycles. The summed E-state index contributed by atoms with van der Waals surface area (Å²) >= 11 is 0. The van der Waals surface area contributed by atoms with E-state index < -0.39 is 11.7 Å². The van der Waals surface area contributed by atoms with Crippen molar-refractivity contribution in [1.29, 1.82) is 0 Å². The van der Waals surface area contributed by atoms with Crippen LogP contribution in [0.25, 0.3) is 0 Å². The molecule has 3 heterocycles. The van der Waals surface area contributed by atoms with E-state index in [1.165, 1.54) is 12.1 Å². The lowest BCUT2D eigenvalue weighted by molar-refractivity contribution is -0.137. The average Bonchev–Trinajstić information content (AvgIpc) is 3.09. The van der Waals surface area contributed by atoms with Crippen molar-refractivity contribution in [3.8, 4) is 0 Å². The first-order valence-electron chi connectivity index (χ1n) is 10.4. The zero-order valence-electron chi connectivity index (χ0n) is 17.5. The molecule has 2 aromatic rings. The van der Waals surface area contributed by atoms with Gasteiger partial charge in [-0.15, -0.1) is 0 Å². The van der Waals surface area contributed by atoms with E-state index in [0.29, 0.717) is 31.7 Å². The number of aryl methyl sites for hydroxylation is 2. The van der Waals surface area contributed by atoms with Crippen molar-refractivity contribution in [1.82, 2.24) is 19.6 Å². The number of piperidine rings is 2. The number of hydrogen-bond acceptors (Lipinski definition) is 3. The van der Waals surface area contributed by atoms with Crippen molar-refractivity contribution in [3.05, 3.63) is 52.8 Å². The Morgan fingerprint density at radius 1 is 1.06 bits per heavy atom. The molecule has 0 saturated carbocycles. The van der Waals surface area contributed by atoms with E-state index in [1.54, 1.807) is 22.7 Å². The molecule has 6 nitrogen and oxygen atoms in total. The maximum absolute atomic E-state index is 13.1. The summed E-state index contributed by atoms with van der Waals surface area (Å²) in [5.74, 6) is -0.155. The molecule has 1 aromatic carbocycles. The lowest BCUT2D eigenvalue weighted by Crippen LogP contribution is -2.56. The smallest absolute Gasteiger partial charge is 0.338 e. The van der Waals surface area contributed by atoms with Crippen LogP contribution in [0.4, 0.5) is 13.2 Å². The highest BCUT2D eigenvalue weighted by Gasteiger charge is 2.40. The summed E-state index contributed by atoms with van der Waals surface area (Å²) in [6.07, 6.45) is -2.01. The quantitative estimate of drug-likeness (QED) is 0.727. The third kappa shape index (κ3) is 4.18. The normalized spacial score (nSPS) is 21.7. The lowest BCUT2D eigenvalue weighted by Gasteiger charge is -2.47. The second-order valence-electron chi connectivity index (χ2n) is 8.38. The van der Waals surface area contributed by atoms with Gasteiger partial charge < -0.3 is 9.80 Å². The first-order chi connectivity index (χ1) is 14.6. The van der Waals surface area contributed by atoms with Gasteiger partial charge in [0, 0.05) is 38.3 Å². The number of carbonyl (C=O) groups excluding carboxylic acids is 2. The number of rotatable bonds is 2. The Morgan fingerprint density at radius 2 is 1.77 bits per heavy atom. The van der Waals surface area contributed by atoms with Crippen LogP contribution in [0.5, 0.6) is 0 Å².